The molecule has 3 rings (SSSR count). The van der Waals surface area contributed by atoms with Gasteiger partial charge in [-0.2, -0.15) is 4.98 Å². The zero-order chi connectivity index (χ0) is 11.1. The average Bonchev–Trinajstić information content (AvgIpc) is 2.89. The standard InChI is InChI=1S/C11H14N2O3/c1-6(14)4-10-12-11(13-16-10)8-5-7-2-3-9(8)15-7/h7-9H,2-5H2,1H3. The van der Waals surface area contributed by atoms with Crippen molar-refractivity contribution < 1.29 is 14.1 Å². The van der Waals surface area contributed by atoms with Crippen LogP contribution in [0.5, 0.6) is 0 Å². The number of nitrogens with zero attached hydrogens (tertiary/aromatic N) is 2. The van der Waals surface area contributed by atoms with Gasteiger partial charge in [-0.3, -0.25) is 4.79 Å². The Morgan fingerprint density at radius 1 is 1.50 bits per heavy atom. The molecule has 0 radical (unpaired) electrons. The maximum Gasteiger partial charge on any atom is 0.234 e. The molecule has 3 heterocycles. The number of carbonyl (C=O) groups is 1. The smallest absolute Gasteiger partial charge is 0.234 e. The van der Waals surface area contributed by atoms with Crippen LogP contribution in [0.25, 0.3) is 0 Å². The summed E-state index contributed by atoms with van der Waals surface area (Å²) in [5.41, 5.74) is 0. The summed E-state index contributed by atoms with van der Waals surface area (Å²) in [6, 6.07) is 0. The minimum atomic E-state index is 0.0411. The maximum atomic E-state index is 10.9. The molecule has 0 aromatic carbocycles. The summed E-state index contributed by atoms with van der Waals surface area (Å²) in [6.07, 6.45) is 4.10. The fraction of sp³-hybridized carbons (Fsp3) is 0.727. The van der Waals surface area contributed by atoms with E-state index in [-0.39, 0.29) is 24.2 Å². The Kier molecular flexibility index (Phi) is 2.28. The quantitative estimate of drug-likeness (QED) is 0.769. The summed E-state index contributed by atoms with van der Waals surface area (Å²) in [4.78, 5) is 15.2. The van der Waals surface area contributed by atoms with Crippen molar-refractivity contribution in [3.8, 4) is 0 Å². The molecule has 0 spiro atoms. The molecule has 2 bridgehead atoms. The Bertz CT molecular complexity index is 415. The van der Waals surface area contributed by atoms with Crippen LogP contribution in [0.3, 0.4) is 0 Å². The van der Waals surface area contributed by atoms with Gasteiger partial charge in [-0.15, -0.1) is 0 Å². The number of rotatable bonds is 3. The van der Waals surface area contributed by atoms with Crippen LogP contribution in [0, 0.1) is 0 Å². The van der Waals surface area contributed by atoms with Crippen molar-refractivity contribution in [1.82, 2.24) is 10.1 Å². The molecule has 5 nitrogen and oxygen atoms in total. The SMILES string of the molecule is CC(=O)Cc1nc(C2CC3CCC2O3)no1. The molecular formula is C11H14N2O3. The van der Waals surface area contributed by atoms with E-state index in [9.17, 15) is 4.79 Å². The molecule has 3 atom stereocenters. The van der Waals surface area contributed by atoms with Gasteiger partial charge in [0.15, 0.2) is 5.82 Å². The van der Waals surface area contributed by atoms with Crippen molar-refractivity contribution in [3.63, 3.8) is 0 Å². The normalized spacial score (nSPS) is 32.2. The summed E-state index contributed by atoms with van der Waals surface area (Å²) in [5.74, 6) is 1.44. The van der Waals surface area contributed by atoms with Gasteiger partial charge < -0.3 is 9.26 Å². The van der Waals surface area contributed by atoms with Gasteiger partial charge in [0.1, 0.15) is 5.78 Å². The molecule has 2 aliphatic rings. The van der Waals surface area contributed by atoms with Crippen molar-refractivity contribution >= 4 is 5.78 Å². The summed E-state index contributed by atoms with van der Waals surface area (Å²) in [7, 11) is 0. The van der Waals surface area contributed by atoms with E-state index in [1.807, 2.05) is 0 Å². The molecule has 3 unspecified atom stereocenters. The predicted octanol–water partition coefficient (Wildman–Crippen LogP) is 1.24. The van der Waals surface area contributed by atoms with E-state index in [4.69, 9.17) is 9.26 Å². The number of carbonyl (C=O) groups excluding carboxylic acids is 1. The second kappa shape index (κ2) is 3.66. The molecule has 86 valence electrons. The van der Waals surface area contributed by atoms with Gasteiger partial charge in [0.05, 0.1) is 24.5 Å². The average molecular weight is 222 g/mol. The van der Waals surface area contributed by atoms with Crippen LogP contribution in [-0.2, 0) is 16.0 Å². The fourth-order valence-corrected chi connectivity index (χ4v) is 2.61. The first-order valence-electron chi connectivity index (χ1n) is 5.70. The molecule has 1 aromatic heterocycles. The Balaban J connectivity index is 1.75. The van der Waals surface area contributed by atoms with Gasteiger partial charge in [-0.05, 0) is 26.2 Å². The van der Waals surface area contributed by atoms with Crippen molar-refractivity contribution in [2.75, 3.05) is 0 Å². The molecule has 0 saturated carbocycles. The van der Waals surface area contributed by atoms with E-state index in [1.165, 1.54) is 6.92 Å². The second-order valence-corrected chi connectivity index (χ2v) is 4.64. The lowest BCUT2D eigenvalue weighted by Crippen LogP contribution is -2.15. The number of hydrogen-bond donors (Lipinski definition) is 0. The van der Waals surface area contributed by atoms with E-state index in [1.54, 1.807) is 0 Å². The number of Topliss-reactive ketones (excluding diaryl/α,β-unsaturated/α-hetero) is 1. The third-order valence-corrected chi connectivity index (χ3v) is 3.32. The first-order valence-corrected chi connectivity index (χ1v) is 5.70. The van der Waals surface area contributed by atoms with E-state index in [0.29, 0.717) is 17.8 Å². The molecule has 5 heteroatoms. The molecule has 1 aromatic rings. The van der Waals surface area contributed by atoms with Gasteiger partial charge in [0.25, 0.3) is 0 Å². The monoisotopic (exact) mass is 222 g/mol. The van der Waals surface area contributed by atoms with Crippen molar-refractivity contribution in [2.45, 2.75) is 50.7 Å². The minimum Gasteiger partial charge on any atom is -0.374 e. The Morgan fingerprint density at radius 3 is 3.00 bits per heavy atom. The van der Waals surface area contributed by atoms with Crippen molar-refractivity contribution in [1.29, 1.82) is 0 Å². The van der Waals surface area contributed by atoms with Crippen molar-refractivity contribution in [3.05, 3.63) is 11.7 Å². The topological polar surface area (TPSA) is 65.2 Å². The largest absolute Gasteiger partial charge is 0.374 e. The van der Waals surface area contributed by atoms with Crippen molar-refractivity contribution in [2.24, 2.45) is 0 Å². The first kappa shape index (κ1) is 9.96. The molecule has 2 aliphatic heterocycles. The number of fused-ring (bicyclic) bond motifs is 2. The molecule has 2 saturated heterocycles. The van der Waals surface area contributed by atoms with Crippen LogP contribution in [0.15, 0.2) is 4.52 Å². The first-order chi connectivity index (χ1) is 7.72. The molecule has 0 aliphatic carbocycles. The zero-order valence-corrected chi connectivity index (χ0v) is 9.18. The lowest BCUT2D eigenvalue weighted by Gasteiger charge is -2.13. The lowest BCUT2D eigenvalue weighted by molar-refractivity contribution is -0.116. The highest BCUT2D eigenvalue weighted by Crippen LogP contribution is 2.43. The van der Waals surface area contributed by atoms with Crippen LogP contribution in [0.1, 0.15) is 43.8 Å². The van der Waals surface area contributed by atoms with Crippen LogP contribution in [0.4, 0.5) is 0 Å². The van der Waals surface area contributed by atoms with E-state index in [0.717, 1.165) is 19.3 Å². The zero-order valence-electron chi connectivity index (χ0n) is 9.18. The van der Waals surface area contributed by atoms with Gasteiger partial charge >= 0.3 is 0 Å². The van der Waals surface area contributed by atoms with Crippen LogP contribution in [0.2, 0.25) is 0 Å². The van der Waals surface area contributed by atoms with E-state index < -0.39 is 0 Å². The summed E-state index contributed by atoms with van der Waals surface area (Å²) < 4.78 is 10.8. The number of hydrogen-bond acceptors (Lipinski definition) is 5. The lowest BCUT2D eigenvalue weighted by atomic mass is 9.89. The highest BCUT2D eigenvalue weighted by Gasteiger charge is 2.43. The van der Waals surface area contributed by atoms with Crippen LogP contribution >= 0.6 is 0 Å². The molecule has 16 heavy (non-hydrogen) atoms. The maximum absolute atomic E-state index is 10.9. The highest BCUT2D eigenvalue weighted by molar-refractivity contribution is 5.77. The summed E-state index contributed by atoms with van der Waals surface area (Å²) >= 11 is 0. The van der Waals surface area contributed by atoms with E-state index in [2.05, 4.69) is 10.1 Å². The Hall–Kier alpha value is -1.23. The van der Waals surface area contributed by atoms with E-state index >= 15 is 0 Å². The molecule has 2 fully saturated rings. The number of aromatic nitrogens is 2. The summed E-state index contributed by atoms with van der Waals surface area (Å²) in [5, 5.41) is 3.95. The molecule has 0 amide bonds. The second-order valence-electron chi connectivity index (χ2n) is 4.64. The summed E-state index contributed by atoms with van der Waals surface area (Å²) in [6.45, 7) is 1.52. The third kappa shape index (κ3) is 1.65. The number of ketones is 1. The minimum absolute atomic E-state index is 0.0411. The van der Waals surface area contributed by atoms with Gasteiger partial charge in [-0.25, -0.2) is 0 Å². The Morgan fingerprint density at radius 2 is 2.38 bits per heavy atom. The Labute approximate surface area is 93.2 Å². The highest BCUT2D eigenvalue weighted by atomic mass is 16.5. The van der Waals surface area contributed by atoms with Gasteiger partial charge in [0.2, 0.25) is 5.89 Å². The van der Waals surface area contributed by atoms with Gasteiger partial charge in [0, 0.05) is 0 Å². The molecular weight excluding hydrogens is 208 g/mol. The fourth-order valence-electron chi connectivity index (χ4n) is 2.61. The molecule has 0 N–H and O–H groups in total. The van der Waals surface area contributed by atoms with Crippen LogP contribution in [-0.4, -0.2) is 28.1 Å². The number of ether oxygens (including phenoxy) is 1. The third-order valence-electron chi connectivity index (χ3n) is 3.32. The van der Waals surface area contributed by atoms with Gasteiger partial charge in [-0.1, -0.05) is 5.16 Å². The predicted molar refractivity (Wildman–Crippen MR) is 53.9 cm³/mol. The van der Waals surface area contributed by atoms with Crippen LogP contribution < -0.4 is 0 Å².